The fourth-order valence-corrected chi connectivity index (χ4v) is 2.88. The zero-order chi connectivity index (χ0) is 16.2. The third-order valence-corrected chi connectivity index (χ3v) is 4.32. The predicted molar refractivity (Wildman–Crippen MR) is 96.2 cm³/mol. The fourth-order valence-electron chi connectivity index (χ4n) is 2.34. The molecule has 3 rings (SSSR count). The molecule has 0 spiro atoms. The van der Waals surface area contributed by atoms with E-state index in [4.69, 9.17) is 16.2 Å². The van der Waals surface area contributed by atoms with Crippen LogP contribution in [-0.2, 0) is 5.75 Å². The maximum atomic E-state index is 5.60. The smallest absolute Gasteiger partial charge is 0.300 e. The first-order valence-electron chi connectivity index (χ1n) is 7.35. The van der Waals surface area contributed by atoms with E-state index in [1.54, 1.807) is 0 Å². The minimum Gasteiger partial charge on any atom is -1.00 e. The molecule has 0 atom stereocenters. The summed E-state index contributed by atoms with van der Waals surface area (Å²) in [6, 6.07) is 18.4. The van der Waals surface area contributed by atoms with Crippen molar-refractivity contribution >= 4 is 16.9 Å². The standard InChI is InChI=1S/C18H18N4S.ClH/c1-13-7-9-14(10-8-13)17-15(12-23-18(19)20)11-22(21-17)16-5-3-2-4-6-16;/h2-11H,12H2,1H3,(H3,19,20);1H. The van der Waals surface area contributed by atoms with Crippen molar-refractivity contribution < 1.29 is 17.8 Å². The molecule has 1 aromatic heterocycles. The molecule has 0 bridgehead atoms. The summed E-state index contributed by atoms with van der Waals surface area (Å²) in [7, 11) is 0. The van der Waals surface area contributed by atoms with E-state index in [1.807, 2.05) is 41.2 Å². The first-order valence-corrected chi connectivity index (χ1v) is 8.34. The van der Waals surface area contributed by atoms with Crippen LogP contribution in [0.1, 0.15) is 11.1 Å². The number of benzene rings is 2. The van der Waals surface area contributed by atoms with Crippen LogP contribution in [0.4, 0.5) is 0 Å². The molecule has 0 fully saturated rings. The van der Waals surface area contributed by atoms with E-state index in [-0.39, 0.29) is 12.4 Å². The highest BCUT2D eigenvalue weighted by atomic mass is 35.5. The number of aromatic nitrogens is 2. The van der Waals surface area contributed by atoms with Gasteiger partial charge in [-0.25, -0.2) is 4.68 Å². The monoisotopic (exact) mass is 358 g/mol. The van der Waals surface area contributed by atoms with Crippen LogP contribution < -0.4 is 23.5 Å². The average Bonchev–Trinajstić information content (AvgIpc) is 2.99. The Balaban J connectivity index is 0.00000208. The van der Waals surface area contributed by atoms with Crippen LogP contribution in [-0.4, -0.2) is 14.9 Å². The lowest BCUT2D eigenvalue weighted by Gasteiger charge is -2.02. The lowest BCUT2D eigenvalue weighted by molar-refractivity contribution is -0.110. The van der Waals surface area contributed by atoms with Gasteiger partial charge in [-0.3, -0.25) is 11.1 Å². The van der Waals surface area contributed by atoms with Gasteiger partial charge in [0, 0.05) is 23.1 Å². The summed E-state index contributed by atoms with van der Waals surface area (Å²) in [6.07, 6.45) is 2.04. The van der Waals surface area contributed by atoms with Gasteiger partial charge in [0.25, 0.3) is 5.17 Å². The van der Waals surface area contributed by atoms with Crippen LogP contribution in [0.25, 0.3) is 16.9 Å². The number of hydrogen-bond donors (Lipinski definition) is 2. The number of amidine groups is 1. The average molecular weight is 359 g/mol. The molecular weight excluding hydrogens is 340 g/mol. The van der Waals surface area contributed by atoms with Gasteiger partial charge in [-0.2, -0.15) is 5.10 Å². The lowest BCUT2D eigenvalue weighted by atomic mass is 10.1. The molecule has 0 aliphatic rings. The second kappa shape index (κ2) is 8.04. The van der Waals surface area contributed by atoms with Crippen molar-refractivity contribution in [3.8, 4) is 16.9 Å². The summed E-state index contributed by atoms with van der Waals surface area (Å²) >= 11 is 1.42. The van der Waals surface area contributed by atoms with Crippen molar-refractivity contribution in [2.45, 2.75) is 12.7 Å². The van der Waals surface area contributed by atoms with Crippen LogP contribution in [0, 0.1) is 6.92 Å². The second-order valence-electron chi connectivity index (χ2n) is 5.34. The molecule has 0 unspecified atom stereocenters. The Kier molecular flexibility index (Phi) is 6.06. The first-order chi connectivity index (χ1) is 11.1. The lowest BCUT2D eigenvalue weighted by Crippen LogP contribution is -3.00. The number of rotatable bonds is 4. The molecule has 0 saturated carbocycles. The molecule has 2 aromatic carbocycles. The maximum Gasteiger partial charge on any atom is 0.300 e. The summed E-state index contributed by atoms with van der Waals surface area (Å²) in [5.41, 5.74) is 11.0. The highest BCUT2D eigenvalue weighted by Crippen LogP contribution is 2.27. The second-order valence-corrected chi connectivity index (χ2v) is 6.39. The van der Waals surface area contributed by atoms with E-state index >= 15 is 0 Å². The maximum absolute atomic E-state index is 5.60. The number of halogens is 1. The van der Waals surface area contributed by atoms with Gasteiger partial charge in [-0.15, -0.1) is 0 Å². The van der Waals surface area contributed by atoms with Crippen LogP contribution in [0.3, 0.4) is 0 Å². The molecule has 6 heteroatoms. The van der Waals surface area contributed by atoms with Crippen molar-refractivity contribution in [1.82, 2.24) is 9.78 Å². The number of aryl methyl sites for hydroxylation is 1. The van der Waals surface area contributed by atoms with Gasteiger partial charge in [-0.1, -0.05) is 48.0 Å². The van der Waals surface area contributed by atoms with Crippen LogP contribution in [0.2, 0.25) is 0 Å². The van der Waals surface area contributed by atoms with E-state index in [9.17, 15) is 0 Å². The van der Waals surface area contributed by atoms with Crippen molar-refractivity contribution in [2.75, 3.05) is 0 Å². The topological polar surface area (TPSA) is 69.4 Å². The number of hydrogen-bond acceptors (Lipinski definition) is 2. The molecular formula is C18H19ClN4S. The van der Waals surface area contributed by atoms with Crippen LogP contribution >= 0.6 is 11.8 Å². The Morgan fingerprint density at radius 3 is 2.42 bits per heavy atom. The van der Waals surface area contributed by atoms with E-state index in [1.165, 1.54) is 17.3 Å². The number of nitrogens with zero attached hydrogens (tertiary/aromatic N) is 2. The molecule has 1 heterocycles. The summed E-state index contributed by atoms with van der Waals surface area (Å²) in [4.78, 5) is 0. The molecule has 24 heavy (non-hydrogen) atoms. The molecule has 4 nitrogen and oxygen atoms in total. The Labute approximate surface area is 152 Å². The summed E-state index contributed by atoms with van der Waals surface area (Å²) in [5, 5.41) is 10.7. The minimum absolute atomic E-state index is 0. The number of thioether (sulfide) groups is 1. The fraction of sp³-hybridized carbons (Fsp3) is 0.111. The predicted octanol–water partition coefficient (Wildman–Crippen LogP) is -0.841. The normalized spacial score (nSPS) is 10.2. The van der Waals surface area contributed by atoms with Crippen molar-refractivity contribution in [3.05, 3.63) is 71.9 Å². The Hall–Kier alpha value is -2.24. The zero-order valence-corrected chi connectivity index (χ0v) is 14.9. The van der Waals surface area contributed by atoms with Gasteiger partial charge >= 0.3 is 0 Å². The molecule has 0 aliphatic carbocycles. The summed E-state index contributed by atoms with van der Waals surface area (Å²) < 4.78 is 1.90. The van der Waals surface area contributed by atoms with E-state index in [2.05, 4.69) is 31.2 Å². The van der Waals surface area contributed by atoms with Crippen LogP contribution in [0.5, 0.6) is 0 Å². The van der Waals surface area contributed by atoms with E-state index in [0.717, 1.165) is 22.5 Å². The summed E-state index contributed by atoms with van der Waals surface area (Å²) in [6.45, 7) is 2.08. The van der Waals surface area contributed by atoms with Crippen molar-refractivity contribution in [2.24, 2.45) is 5.73 Å². The molecule has 4 N–H and O–H groups in total. The molecule has 0 amide bonds. The zero-order valence-electron chi connectivity index (χ0n) is 13.3. The molecule has 124 valence electrons. The molecule has 0 saturated heterocycles. The minimum atomic E-state index is 0. The SMILES string of the molecule is Cc1ccc(-c2nn(-c3ccccc3)cc2CSC(N)=[NH2+])cc1.[Cl-]. The third-order valence-electron chi connectivity index (χ3n) is 3.53. The van der Waals surface area contributed by atoms with Gasteiger partial charge in [0.15, 0.2) is 0 Å². The molecule has 0 aliphatic heterocycles. The van der Waals surface area contributed by atoms with Gasteiger partial charge in [0.2, 0.25) is 0 Å². The van der Waals surface area contributed by atoms with Crippen molar-refractivity contribution in [1.29, 1.82) is 0 Å². The highest BCUT2D eigenvalue weighted by Gasteiger charge is 2.13. The highest BCUT2D eigenvalue weighted by molar-refractivity contribution is 8.12. The van der Waals surface area contributed by atoms with E-state index in [0.29, 0.717) is 10.9 Å². The van der Waals surface area contributed by atoms with Gasteiger partial charge in [0.1, 0.15) is 0 Å². The number of nitrogens with two attached hydrogens (primary N) is 2. The Morgan fingerprint density at radius 2 is 1.79 bits per heavy atom. The quantitative estimate of drug-likeness (QED) is 0.472. The van der Waals surface area contributed by atoms with Crippen molar-refractivity contribution in [3.63, 3.8) is 0 Å². The Bertz CT molecular complexity index is 813. The van der Waals surface area contributed by atoms with Gasteiger partial charge in [-0.05, 0) is 30.8 Å². The number of para-hydroxylation sites is 1. The molecule has 0 radical (unpaired) electrons. The van der Waals surface area contributed by atoms with Gasteiger partial charge < -0.3 is 12.4 Å². The molecule has 3 aromatic rings. The third kappa shape index (κ3) is 4.19. The van der Waals surface area contributed by atoms with E-state index < -0.39 is 0 Å². The van der Waals surface area contributed by atoms with Gasteiger partial charge in [0.05, 0.1) is 11.4 Å². The Morgan fingerprint density at radius 1 is 1.12 bits per heavy atom. The largest absolute Gasteiger partial charge is 1.00 e. The van der Waals surface area contributed by atoms with Crippen LogP contribution in [0.15, 0.2) is 60.8 Å². The first kappa shape index (κ1) is 18.1. The summed E-state index contributed by atoms with van der Waals surface area (Å²) in [5.74, 6) is 0.693.